The number of hydrogen-bond acceptors (Lipinski definition) is 3. The van der Waals surface area contributed by atoms with E-state index >= 15 is 0 Å². The van der Waals surface area contributed by atoms with Gasteiger partial charge in [0.2, 0.25) is 0 Å². The topological polar surface area (TPSA) is 35.5 Å². The SMILES string of the molecule is CC(C)[C@H](CN1CCC(C2=CCC(Cl)C=C2)CC1)NCC1C=C(CO)CC(C2C=CCCC2)C1. The van der Waals surface area contributed by atoms with Gasteiger partial charge in [0.1, 0.15) is 0 Å². The van der Waals surface area contributed by atoms with Crippen LogP contribution in [-0.2, 0) is 0 Å². The van der Waals surface area contributed by atoms with Crippen molar-refractivity contribution >= 4 is 11.6 Å². The minimum absolute atomic E-state index is 0.184. The Balaban J connectivity index is 1.26. The molecule has 2 N–H and O–H groups in total. The van der Waals surface area contributed by atoms with Crippen molar-refractivity contribution in [1.82, 2.24) is 10.2 Å². The molecule has 190 valence electrons. The molecule has 4 aliphatic rings. The molecule has 3 nitrogen and oxygen atoms in total. The Bertz CT molecular complexity index is 762. The van der Waals surface area contributed by atoms with E-state index in [9.17, 15) is 5.11 Å². The highest BCUT2D eigenvalue weighted by Gasteiger charge is 2.29. The highest BCUT2D eigenvalue weighted by molar-refractivity contribution is 6.22. The fourth-order valence-electron chi connectivity index (χ4n) is 6.55. The van der Waals surface area contributed by atoms with Gasteiger partial charge in [-0.15, -0.1) is 11.6 Å². The van der Waals surface area contributed by atoms with Crippen molar-refractivity contribution < 1.29 is 5.11 Å². The standard InChI is InChI=1S/C30H47ClN2O/c1-22(2)30(20-33-14-12-27(13-15-33)26-8-10-29(31)11-9-26)32-19-23-16-24(21-34)18-28(17-23)25-6-4-3-5-7-25/h4,6,8-10,16,22-23,25,27-30,32,34H,3,5,7,11-15,17-21H2,1-2H3/t23?,25?,28?,29?,30-/m0/s1. The van der Waals surface area contributed by atoms with Crippen LogP contribution in [0.4, 0.5) is 0 Å². The van der Waals surface area contributed by atoms with Crippen molar-refractivity contribution in [1.29, 1.82) is 0 Å². The van der Waals surface area contributed by atoms with Gasteiger partial charge in [-0.25, -0.2) is 0 Å². The van der Waals surface area contributed by atoms with E-state index in [1.54, 1.807) is 0 Å². The molecule has 1 heterocycles. The van der Waals surface area contributed by atoms with Gasteiger partial charge in [0, 0.05) is 19.1 Å². The summed E-state index contributed by atoms with van der Waals surface area (Å²) in [6.07, 6.45) is 23.8. The van der Waals surface area contributed by atoms with Crippen LogP contribution in [0, 0.1) is 29.6 Å². The molecule has 0 radical (unpaired) electrons. The van der Waals surface area contributed by atoms with E-state index in [1.165, 1.54) is 62.8 Å². The summed E-state index contributed by atoms with van der Waals surface area (Å²) in [7, 11) is 0. The molecular formula is C30H47ClN2O. The number of piperidine rings is 1. The molecule has 0 amide bonds. The number of aliphatic hydroxyl groups excluding tert-OH is 1. The monoisotopic (exact) mass is 486 g/mol. The van der Waals surface area contributed by atoms with Crippen molar-refractivity contribution in [3.8, 4) is 0 Å². The van der Waals surface area contributed by atoms with Gasteiger partial charge < -0.3 is 15.3 Å². The molecule has 0 spiro atoms. The van der Waals surface area contributed by atoms with Crippen LogP contribution >= 0.6 is 11.6 Å². The molecule has 1 saturated heterocycles. The lowest BCUT2D eigenvalue weighted by Gasteiger charge is -2.38. The average Bonchev–Trinajstić information content (AvgIpc) is 2.87. The number of halogens is 1. The summed E-state index contributed by atoms with van der Waals surface area (Å²) in [4.78, 5) is 2.68. The van der Waals surface area contributed by atoms with Crippen LogP contribution in [0.1, 0.15) is 65.2 Å². The number of nitrogens with zero attached hydrogens (tertiary/aromatic N) is 1. The molecule has 4 rings (SSSR count). The molecule has 3 aliphatic carbocycles. The summed E-state index contributed by atoms with van der Waals surface area (Å²) in [5.41, 5.74) is 2.78. The molecule has 5 atom stereocenters. The second-order valence-electron chi connectivity index (χ2n) is 11.6. The quantitative estimate of drug-likeness (QED) is 0.305. The van der Waals surface area contributed by atoms with Gasteiger partial charge in [0.15, 0.2) is 0 Å². The average molecular weight is 487 g/mol. The van der Waals surface area contributed by atoms with E-state index in [2.05, 4.69) is 60.5 Å². The largest absolute Gasteiger partial charge is 0.392 e. The minimum atomic E-state index is 0.184. The maximum atomic E-state index is 9.91. The van der Waals surface area contributed by atoms with Gasteiger partial charge in [0.05, 0.1) is 12.0 Å². The third-order valence-corrected chi connectivity index (χ3v) is 9.06. The van der Waals surface area contributed by atoms with Crippen LogP contribution < -0.4 is 5.32 Å². The van der Waals surface area contributed by atoms with Gasteiger partial charge in [-0.3, -0.25) is 0 Å². The van der Waals surface area contributed by atoms with Crippen LogP contribution in [0.25, 0.3) is 0 Å². The molecule has 1 fully saturated rings. The molecule has 0 bridgehead atoms. The van der Waals surface area contributed by atoms with Gasteiger partial charge in [-0.05, 0) is 105 Å². The highest BCUT2D eigenvalue weighted by Crippen LogP contribution is 2.37. The van der Waals surface area contributed by atoms with Crippen molar-refractivity contribution in [3.63, 3.8) is 0 Å². The number of likely N-dealkylation sites (tertiary alicyclic amines) is 1. The maximum Gasteiger partial charge on any atom is 0.0641 e. The lowest BCUT2D eigenvalue weighted by atomic mass is 9.73. The van der Waals surface area contributed by atoms with Crippen LogP contribution in [0.15, 0.2) is 47.6 Å². The fourth-order valence-corrected chi connectivity index (χ4v) is 6.71. The molecule has 0 aromatic heterocycles. The Morgan fingerprint density at radius 3 is 2.65 bits per heavy atom. The Morgan fingerprint density at radius 1 is 1.18 bits per heavy atom. The summed E-state index contributed by atoms with van der Waals surface area (Å²) in [6.45, 7) is 9.50. The predicted molar refractivity (Wildman–Crippen MR) is 145 cm³/mol. The molecule has 4 heteroatoms. The minimum Gasteiger partial charge on any atom is -0.392 e. The maximum absolute atomic E-state index is 9.91. The van der Waals surface area contributed by atoms with E-state index < -0.39 is 0 Å². The first kappa shape index (κ1) is 26.2. The number of aliphatic hydroxyl groups is 1. The molecule has 0 saturated carbocycles. The number of nitrogens with one attached hydrogen (secondary N) is 1. The zero-order valence-corrected chi connectivity index (χ0v) is 22.2. The Morgan fingerprint density at radius 2 is 2.00 bits per heavy atom. The number of hydrogen-bond donors (Lipinski definition) is 2. The van der Waals surface area contributed by atoms with Crippen LogP contribution in [0.5, 0.6) is 0 Å². The first-order valence-corrected chi connectivity index (χ1v) is 14.4. The van der Waals surface area contributed by atoms with Gasteiger partial charge in [-0.1, -0.05) is 50.3 Å². The molecule has 1 aliphatic heterocycles. The zero-order valence-electron chi connectivity index (χ0n) is 21.5. The Kier molecular flexibility index (Phi) is 9.94. The van der Waals surface area contributed by atoms with Crippen LogP contribution in [0.2, 0.25) is 0 Å². The second kappa shape index (κ2) is 12.9. The summed E-state index contributed by atoms with van der Waals surface area (Å²) < 4.78 is 0. The molecular weight excluding hydrogens is 440 g/mol. The number of alkyl halides is 1. The van der Waals surface area contributed by atoms with E-state index in [1.807, 2.05) is 0 Å². The number of rotatable bonds is 9. The molecule has 0 aromatic rings. The van der Waals surface area contributed by atoms with E-state index in [0.717, 1.165) is 25.9 Å². The predicted octanol–water partition coefficient (Wildman–Crippen LogP) is 6.11. The fraction of sp³-hybridized carbons (Fsp3) is 0.733. The molecule has 34 heavy (non-hydrogen) atoms. The summed E-state index contributed by atoms with van der Waals surface area (Å²) in [5, 5.41) is 14.1. The van der Waals surface area contributed by atoms with Gasteiger partial charge in [0.25, 0.3) is 0 Å². The van der Waals surface area contributed by atoms with Gasteiger partial charge >= 0.3 is 0 Å². The van der Waals surface area contributed by atoms with Gasteiger partial charge in [-0.2, -0.15) is 0 Å². The highest BCUT2D eigenvalue weighted by atomic mass is 35.5. The second-order valence-corrected chi connectivity index (χ2v) is 12.2. The lowest BCUT2D eigenvalue weighted by molar-refractivity contribution is 0.164. The molecule has 4 unspecified atom stereocenters. The van der Waals surface area contributed by atoms with E-state index in [4.69, 9.17) is 11.6 Å². The van der Waals surface area contributed by atoms with Crippen molar-refractivity contribution in [3.05, 3.63) is 47.6 Å². The number of allylic oxidation sites excluding steroid dienone is 6. The molecule has 0 aromatic carbocycles. The first-order valence-electron chi connectivity index (χ1n) is 14.0. The third kappa shape index (κ3) is 7.32. The summed E-state index contributed by atoms with van der Waals surface area (Å²) in [5.74, 6) is 3.27. The van der Waals surface area contributed by atoms with Crippen molar-refractivity contribution in [2.75, 3.05) is 32.8 Å². The van der Waals surface area contributed by atoms with Crippen molar-refractivity contribution in [2.45, 2.75) is 76.6 Å². The summed E-state index contributed by atoms with van der Waals surface area (Å²) >= 11 is 6.21. The lowest BCUT2D eigenvalue weighted by Crippen LogP contribution is -2.48. The van der Waals surface area contributed by atoms with E-state index in [0.29, 0.717) is 35.6 Å². The Labute approximate surface area is 213 Å². The smallest absolute Gasteiger partial charge is 0.0641 e. The zero-order chi connectivity index (χ0) is 23.9. The third-order valence-electron chi connectivity index (χ3n) is 8.74. The van der Waals surface area contributed by atoms with Crippen LogP contribution in [0.3, 0.4) is 0 Å². The van der Waals surface area contributed by atoms with E-state index in [-0.39, 0.29) is 12.0 Å². The Hall–Kier alpha value is -0.870. The summed E-state index contributed by atoms with van der Waals surface area (Å²) in [6, 6.07) is 0.517. The van der Waals surface area contributed by atoms with Crippen LogP contribution in [-0.4, -0.2) is 54.2 Å². The normalized spacial score (nSPS) is 32.0. The first-order chi connectivity index (χ1) is 16.5. The van der Waals surface area contributed by atoms with Crippen molar-refractivity contribution in [2.24, 2.45) is 29.6 Å².